The topological polar surface area (TPSA) is 101 Å². The molecule has 0 saturated carbocycles. The van der Waals surface area contributed by atoms with E-state index < -0.39 is 11.5 Å². The van der Waals surface area contributed by atoms with E-state index in [0.29, 0.717) is 76.1 Å². The molecule has 1 atom stereocenters. The second-order valence-electron chi connectivity index (χ2n) is 10.5. The van der Waals surface area contributed by atoms with Gasteiger partial charge in [-0.25, -0.2) is 4.39 Å². The Morgan fingerprint density at radius 3 is 2.67 bits per heavy atom. The Kier molecular flexibility index (Phi) is 8.21. The van der Waals surface area contributed by atoms with Crippen molar-refractivity contribution >= 4 is 11.8 Å². The van der Waals surface area contributed by atoms with Gasteiger partial charge in [0.05, 0.1) is 18.2 Å². The highest BCUT2D eigenvalue weighted by molar-refractivity contribution is 5.90. The normalized spacial score (nSPS) is 20.3. The maximum atomic E-state index is 14.5. The Morgan fingerprint density at radius 1 is 1.10 bits per heavy atom. The molecule has 1 saturated heterocycles. The predicted molar refractivity (Wildman–Crippen MR) is 143 cm³/mol. The van der Waals surface area contributed by atoms with Gasteiger partial charge in [-0.3, -0.25) is 19.2 Å². The first-order valence-corrected chi connectivity index (χ1v) is 13.5. The monoisotopic (exact) mass is 534 g/mol. The molecule has 10 heteroatoms. The molecule has 9 nitrogen and oxygen atoms in total. The van der Waals surface area contributed by atoms with E-state index in [1.165, 1.54) is 6.07 Å². The smallest absolute Gasteiger partial charge is 0.242 e. The van der Waals surface area contributed by atoms with Gasteiger partial charge in [-0.2, -0.15) is 0 Å². The summed E-state index contributed by atoms with van der Waals surface area (Å²) in [5.41, 5.74) is 1.55. The van der Waals surface area contributed by atoms with Crippen LogP contribution in [-0.2, 0) is 35.5 Å². The second kappa shape index (κ2) is 11.9. The number of carbonyl (C=O) groups excluding carboxylic acids is 2. The maximum Gasteiger partial charge on any atom is 0.242 e. The number of nitrogens with one attached hydrogen (secondary N) is 2. The summed E-state index contributed by atoms with van der Waals surface area (Å²) in [5, 5.41) is 14.7. The number of amides is 2. The van der Waals surface area contributed by atoms with Crippen molar-refractivity contribution < 1.29 is 18.7 Å². The van der Waals surface area contributed by atoms with Gasteiger partial charge in [-0.1, -0.05) is 35.5 Å². The number of ether oxygens (including phenoxy) is 1. The van der Waals surface area contributed by atoms with Crippen LogP contribution in [-0.4, -0.2) is 64.5 Å². The summed E-state index contributed by atoms with van der Waals surface area (Å²) in [6, 6.07) is 13.8. The van der Waals surface area contributed by atoms with E-state index >= 15 is 0 Å². The summed E-state index contributed by atoms with van der Waals surface area (Å²) in [6.07, 6.45) is 4.55. The zero-order chi connectivity index (χ0) is 27.2. The number of benzene rings is 2. The van der Waals surface area contributed by atoms with Crippen molar-refractivity contribution in [1.82, 2.24) is 30.5 Å². The third kappa shape index (κ3) is 6.44. The van der Waals surface area contributed by atoms with Crippen LogP contribution in [0.2, 0.25) is 0 Å². The van der Waals surface area contributed by atoms with Crippen molar-refractivity contribution in [3.05, 3.63) is 77.4 Å². The Hall–Kier alpha value is -3.79. The molecule has 2 aliphatic heterocycles. The number of fused-ring (bicyclic) bond motifs is 2. The Balaban J connectivity index is 1.37. The van der Waals surface area contributed by atoms with Gasteiger partial charge in [-0.05, 0) is 56.1 Å². The zero-order valence-electron chi connectivity index (χ0n) is 22.2. The summed E-state index contributed by atoms with van der Waals surface area (Å²) in [5.74, 6) is -0.00635. The van der Waals surface area contributed by atoms with E-state index in [1.807, 2.05) is 36.5 Å². The molecule has 206 valence electrons. The van der Waals surface area contributed by atoms with Crippen LogP contribution in [0.1, 0.15) is 36.1 Å². The molecule has 1 fully saturated rings. The highest BCUT2D eigenvalue weighted by Gasteiger charge is 2.43. The number of rotatable bonds is 5. The van der Waals surface area contributed by atoms with Crippen LogP contribution >= 0.6 is 0 Å². The first-order chi connectivity index (χ1) is 18.9. The standard InChI is InChI=1S/C29H35FN6O3/c1-39-24-8-9-25(30)22(17-24)19-35-14-10-29(11-15-35)18-23-20-36(34-33-23)13-5-12-31-27(37)26(32-28(29)38)16-21-6-3-2-4-7-21/h2-4,6-9,17,20,26H,5,10-16,18-19H2,1H3,(H,31,37)(H,32,38)/t26-/m0/s1. The van der Waals surface area contributed by atoms with Crippen LogP contribution in [0.25, 0.3) is 0 Å². The van der Waals surface area contributed by atoms with Gasteiger partial charge >= 0.3 is 0 Å². The number of aromatic nitrogens is 3. The molecular weight excluding hydrogens is 499 g/mol. The second-order valence-corrected chi connectivity index (χ2v) is 10.5. The molecule has 39 heavy (non-hydrogen) atoms. The molecule has 3 aromatic rings. The number of hydrogen-bond acceptors (Lipinski definition) is 6. The fraction of sp³-hybridized carbons (Fsp3) is 0.448. The highest BCUT2D eigenvalue weighted by Crippen LogP contribution is 2.36. The van der Waals surface area contributed by atoms with Gasteiger partial charge in [0.25, 0.3) is 0 Å². The van der Waals surface area contributed by atoms with Crippen molar-refractivity contribution in [1.29, 1.82) is 0 Å². The van der Waals surface area contributed by atoms with E-state index in [9.17, 15) is 14.0 Å². The number of halogens is 1. The molecule has 2 amide bonds. The van der Waals surface area contributed by atoms with Crippen LogP contribution in [0.15, 0.2) is 54.7 Å². The number of carbonyl (C=O) groups is 2. The quantitative estimate of drug-likeness (QED) is 0.522. The van der Waals surface area contributed by atoms with Gasteiger partial charge < -0.3 is 15.4 Å². The summed E-state index contributed by atoms with van der Waals surface area (Å²) < 4.78 is 21.5. The lowest BCUT2D eigenvalue weighted by atomic mass is 9.73. The molecule has 1 spiro atoms. The Bertz CT molecular complexity index is 1290. The molecule has 0 unspecified atom stereocenters. The third-order valence-electron chi connectivity index (χ3n) is 7.81. The number of methoxy groups -OCH3 is 1. The molecule has 0 radical (unpaired) electrons. The van der Waals surface area contributed by atoms with Gasteiger partial charge in [-0.15, -0.1) is 5.10 Å². The van der Waals surface area contributed by atoms with Gasteiger partial charge in [0.1, 0.15) is 17.6 Å². The minimum Gasteiger partial charge on any atom is -0.497 e. The molecule has 5 rings (SSSR count). The SMILES string of the molecule is COc1ccc(F)c(CN2CCC3(CC2)Cc2cn(nn2)CCCNC(=O)[C@H](Cc2ccccc2)NC3=O)c1. The summed E-state index contributed by atoms with van der Waals surface area (Å²) in [4.78, 5) is 29.4. The van der Waals surface area contributed by atoms with Gasteiger partial charge in [0.2, 0.25) is 11.8 Å². The predicted octanol–water partition coefficient (Wildman–Crippen LogP) is 2.50. The average Bonchev–Trinajstić information content (AvgIpc) is 3.40. The lowest BCUT2D eigenvalue weighted by Crippen LogP contribution is -2.56. The van der Waals surface area contributed by atoms with Crippen molar-refractivity contribution in [3.63, 3.8) is 0 Å². The maximum absolute atomic E-state index is 14.5. The Morgan fingerprint density at radius 2 is 1.90 bits per heavy atom. The van der Waals surface area contributed by atoms with E-state index in [1.54, 1.807) is 23.9 Å². The summed E-state index contributed by atoms with van der Waals surface area (Å²) in [7, 11) is 1.56. The minimum absolute atomic E-state index is 0.153. The van der Waals surface area contributed by atoms with Crippen molar-refractivity contribution in [2.75, 3.05) is 26.7 Å². The number of likely N-dealkylation sites (tertiary alicyclic amines) is 1. The molecule has 3 heterocycles. The van der Waals surface area contributed by atoms with Gasteiger partial charge in [0.15, 0.2) is 0 Å². The first-order valence-electron chi connectivity index (χ1n) is 13.5. The zero-order valence-corrected chi connectivity index (χ0v) is 22.2. The lowest BCUT2D eigenvalue weighted by molar-refractivity contribution is -0.137. The van der Waals surface area contributed by atoms with Crippen LogP contribution in [0.5, 0.6) is 5.75 Å². The molecule has 2 bridgehead atoms. The van der Waals surface area contributed by atoms with Crippen LogP contribution in [0.4, 0.5) is 4.39 Å². The molecular formula is C29H35FN6O3. The number of aryl methyl sites for hydroxylation is 1. The van der Waals surface area contributed by atoms with E-state index in [2.05, 4.69) is 25.8 Å². The molecule has 2 aliphatic rings. The number of nitrogens with zero attached hydrogens (tertiary/aromatic N) is 4. The highest BCUT2D eigenvalue weighted by atomic mass is 19.1. The fourth-order valence-corrected chi connectivity index (χ4v) is 5.49. The van der Waals surface area contributed by atoms with E-state index in [4.69, 9.17) is 4.74 Å². The first kappa shape index (κ1) is 26.8. The molecule has 0 aliphatic carbocycles. The summed E-state index contributed by atoms with van der Waals surface area (Å²) >= 11 is 0. The van der Waals surface area contributed by atoms with E-state index in [-0.39, 0.29) is 17.6 Å². The van der Waals surface area contributed by atoms with E-state index in [0.717, 1.165) is 11.3 Å². The number of piperidine rings is 1. The summed E-state index contributed by atoms with van der Waals surface area (Å²) in [6.45, 7) is 2.75. The van der Waals surface area contributed by atoms with Crippen LogP contribution in [0, 0.1) is 11.2 Å². The largest absolute Gasteiger partial charge is 0.497 e. The third-order valence-corrected chi connectivity index (χ3v) is 7.81. The lowest BCUT2D eigenvalue weighted by Gasteiger charge is -2.41. The Labute approximate surface area is 227 Å². The van der Waals surface area contributed by atoms with Crippen LogP contribution in [0.3, 0.4) is 0 Å². The van der Waals surface area contributed by atoms with Gasteiger partial charge in [0, 0.05) is 44.2 Å². The molecule has 2 aromatic carbocycles. The van der Waals surface area contributed by atoms with Crippen LogP contribution < -0.4 is 15.4 Å². The minimum atomic E-state index is -0.756. The van der Waals surface area contributed by atoms with Crippen molar-refractivity contribution in [2.45, 2.75) is 51.2 Å². The average molecular weight is 535 g/mol. The van der Waals surface area contributed by atoms with Crippen molar-refractivity contribution in [3.8, 4) is 5.75 Å². The van der Waals surface area contributed by atoms with Crippen molar-refractivity contribution in [2.24, 2.45) is 5.41 Å². The molecule has 1 aromatic heterocycles. The fourth-order valence-electron chi connectivity index (χ4n) is 5.49. The molecule has 2 N–H and O–H groups in total. The number of hydrogen-bond donors (Lipinski definition) is 2.